The van der Waals surface area contributed by atoms with Gasteiger partial charge in [0.1, 0.15) is 12.4 Å². The van der Waals surface area contributed by atoms with Gasteiger partial charge in [-0.05, 0) is 24.3 Å². The Morgan fingerprint density at radius 3 is 2.18 bits per heavy atom. The van der Waals surface area contributed by atoms with Gasteiger partial charge in [-0.1, -0.05) is 11.6 Å². The predicted octanol–water partition coefficient (Wildman–Crippen LogP) is 1.27. The van der Waals surface area contributed by atoms with Crippen molar-refractivity contribution in [1.82, 2.24) is 15.0 Å². The summed E-state index contributed by atoms with van der Waals surface area (Å²) >= 11 is 5.75. The molecule has 0 spiro atoms. The molecule has 0 saturated carbocycles. The van der Waals surface area contributed by atoms with E-state index in [2.05, 4.69) is 15.0 Å². The molecule has 0 atom stereocenters. The molecular formula is C10H10ClN5O. The Balaban J connectivity index is 2.04. The third-order valence-electron chi connectivity index (χ3n) is 1.90. The van der Waals surface area contributed by atoms with Gasteiger partial charge in [-0.15, -0.1) is 0 Å². The number of hydrogen-bond acceptors (Lipinski definition) is 6. The Hall–Kier alpha value is -2.08. The van der Waals surface area contributed by atoms with Crippen LogP contribution in [0.2, 0.25) is 5.02 Å². The van der Waals surface area contributed by atoms with Gasteiger partial charge >= 0.3 is 0 Å². The average Bonchev–Trinajstić information content (AvgIpc) is 2.27. The van der Waals surface area contributed by atoms with Gasteiger partial charge < -0.3 is 16.2 Å². The molecule has 0 radical (unpaired) electrons. The van der Waals surface area contributed by atoms with Crippen molar-refractivity contribution < 1.29 is 4.74 Å². The molecule has 4 N–H and O–H groups in total. The Labute approximate surface area is 103 Å². The van der Waals surface area contributed by atoms with Gasteiger partial charge in [0.25, 0.3) is 0 Å². The summed E-state index contributed by atoms with van der Waals surface area (Å²) in [5.74, 6) is 1.19. The molecule has 1 heterocycles. The Bertz CT molecular complexity index is 496. The number of nitrogen functional groups attached to an aromatic ring is 2. The number of anilines is 2. The number of nitrogens with zero attached hydrogens (tertiary/aromatic N) is 3. The first kappa shape index (κ1) is 11.4. The molecule has 6 nitrogen and oxygen atoms in total. The second-order valence-corrected chi connectivity index (χ2v) is 3.65. The molecule has 0 aliphatic rings. The van der Waals surface area contributed by atoms with Crippen LogP contribution in [0.3, 0.4) is 0 Å². The van der Waals surface area contributed by atoms with E-state index in [4.69, 9.17) is 27.8 Å². The molecule has 7 heteroatoms. The normalized spacial score (nSPS) is 10.2. The standard InChI is InChI=1S/C10H10ClN5O/c11-6-1-3-7(4-2-6)17-5-8-14-9(12)16-10(13)15-8/h1-4H,5H2,(H4,12,13,14,15,16). The number of rotatable bonds is 3. The predicted molar refractivity (Wildman–Crippen MR) is 64.4 cm³/mol. The summed E-state index contributed by atoms with van der Waals surface area (Å²) in [4.78, 5) is 11.4. The summed E-state index contributed by atoms with van der Waals surface area (Å²) < 4.78 is 5.43. The van der Waals surface area contributed by atoms with Crippen LogP contribution in [0, 0.1) is 0 Å². The van der Waals surface area contributed by atoms with Crippen molar-refractivity contribution in [3.8, 4) is 5.75 Å². The highest BCUT2D eigenvalue weighted by molar-refractivity contribution is 6.30. The second-order valence-electron chi connectivity index (χ2n) is 3.21. The van der Waals surface area contributed by atoms with E-state index in [-0.39, 0.29) is 18.5 Å². The SMILES string of the molecule is Nc1nc(N)nc(COc2ccc(Cl)cc2)n1. The van der Waals surface area contributed by atoms with E-state index in [1.54, 1.807) is 24.3 Å². The third kappa shape index (κ3) is 3.18. The number of ether oxygens (including phenoxy) is 1. The molecule has 17 heavy (non-hydrogen) atoms. The monoisotopic (exact) mass is 251 g/mol. The molecule has 0 saturated heterocycles. The zero-order valence-corrected chi connectivity index (χ0v) is 9.55. The zero-order chi connectivity index (χ0) is 12.3. The fraction of sp³-hybridized carbons (Fsp3) is 0.100. The summed E-state index contributed by atoms with van der Waals surface area (Å²) in [6, 6.07) is 6.95. The fourth-order valence-electron chi connectivity index (χ4n) is 1.20. The number of halogens is 1. The van der Waals surface area contributed by atoms with Crippen molar-refractivity contribution in [2.75, 3.05) is 11.5 Å². The maximum absolute atomic E-state index is 5.75. The fourth-order valence-corrected chi connectivity index (χ4v) is 1.33. The molecule has 2 rings (SSSR count). The first-order valence-electron chi connectivity index (χ1n) is 4.78. The molecule has 0 aliphatic heterocycles. The first-order valence-corrected chi connectivity index (χ1v) is 5.15. The Kier molecular flexibility index (Phi) is 3.24. The smallest absolute Gasteiger partial charge is 0.225 e. The van der Waals surface area contributed by atoms with Gasteiger partial charge in [0.15, 0.2) is 5.82 Å². The summed E-state index contributed by atoms with van der Waals surface area (Å²) in [6.45, 7) is 0.165. The number of aromatic nitrogens is 3. The van der Waals surface area contributed by atoms with Crippen LogP contribution in [0.25, 0.3) is 0 Å². The molecule has 0 unspecified atom stereocenters. The van der Waals surface area contributed by atoms with Crippen LogP contribution in [-0.4, -0.2) is 15.0 Å². The van der Waals surface area contributed by atoms with E-state index >= 15 is 0 Å². The number of hydrogen-bond donors (Lipinski definition) is 2. The van der Waals surface area contributed by atoms with Crippen molar-refractivity contribution in [3.05, 3.63) is 35.1 Å². The molecule has 0 bridgehead atoms. The minimum Gasteiger partial charge on any atom is -0.486 e. The lowest BCUT2D eigenvalue weighted by molar-refractivity contribution is 0.296. The van der Waals surface area contributed by atoms with Crippen molar-refractivity contribution in [2.24, 2.45) is 0 Å². The van der Waals surface area contributed by atoms with Gasteiger partial charge in [-0.2, -0.15) is 15.0 Å². The van der Waals surface area contributed by atoms with Crippen molar-refractivity contribution in [1.29, 1.82) is 0 Å². The van der Waals surface area contributed by atoms with Gasteiger partial charge in [0.05, 0.1) is 0 Å². The van der Waals surface area contributed by atoms with Gasteiger partial charge in [0, 0.05) is 5.02 Å². The maximum atomic E-state index is 5.75. The maximum Gasteiger partial charge on any atom is 0.225 e. The quantitative estimate of drug-likeness (QED) is 0.852. The van der Waals surface area contributed by atoms with E-state index in [1.165, 1.54) is 0 Å². The van der Waals surface area contributed by atoms with E-state index in [9.17, 15) is 0 Å². The Morgan fingerprint density at radius 1 is 1.00 bits per heavy atom. The highest BCUT2D eigenvalue weighted by atomic mass is 35.5. The third-order valence-corrected chi connectivity index (χ3v) is 2.15. The van der Waals surface area contributed by atoms with Crippen LogP contribution in [0.4, 0.5) is 11.9 Å². The van der Waals surface area contributed by atoms with Crippen LogP contribution < -0.4 is 16.2 Å². The molecule has 1 aromatic carbocycles. The Morgan fingerprint density at radius 2 is 1.59 bits per heavy atom. The van der Waals surface area contributed by atoms with Crippen LogP contribution in [0.15, 0.2) is 24.3 Å². The summed E-state index contributed by atoms with van der Waals surface area (Å²) in [7, 11) is 0. The molecule has 1 aromatic heterocycles. The molecule has 0 amide bonds. The van der Waals surface area contributed by atoms with Crippen LogP contribution >= 0.6 is 11.6 Å². The molecule has 0 aliphatic carbocycles. The minimum atomic E-state index is 0.0761. The summed E-state index contributed by atoms with van der Waals surface area (Å²) in [5.41, 5.74) is 10.9. The number of benzene rings is 1. The lowest BCUT2D eigenvalue weighted by Crippen LogP contribution is -2.09. The summed E-state index contributed by atoms with van der Waals surface area (Å²) in [6.07, 6.45) is 0. The number of nitrogens with two attached hydrogens (primary N) is 2. The molecule has 2 aromatic rings. The highest BCUT2D eigenvalue weighted by Gasteiger charge is 2.02. The topological polar surface area (TPSA) is 99.9 Å². The molecule has 0 fully saturated rings. The largest absolute Gasteiger partial charge is 0.486 e. The van der Waals surface area contributed by atoms with Crippen molar-refractivity contribution >= 4 is 23.5 Å². The van der Waals surface area contributed by atoms with Crippen molar-refractivity contribution in [2.45, 2.75) is 6.61 Å². The average molecular weight is 252 g/mol. The van der Waals surface area contributed by atoms with Gasteiger partial charge in [-0.3, -0.25) is 0 Å². The van der Waals surface area contributed by atoms with E-state index < -0.39 is 0 Å². The lowest BCUT2D eigenvalue weighted by atomic mass is 10.3. The summed E-state index contributed by atoms with van der Waals surface area (Å²) in [5, 5.41) is 0.644. The molecule has 88 valence electrons. The van der Waals surface area contributed by atoms with E-state index in [0.717, 1.165) is 0 Å². The van der Waals surface area contributed by atoms with Crippen molar-refractivity contribution in [3.63, 3.8) is 0 Å². The van der Waals surface area contributed by atoms with Crippen LogP contribution in [0.5, 0.6) is 5.75 Å². The zero-order valence-electron chi connectivity index (χ0n) is 8.80. The first-order chi connectivity index (χ1) is 8.13. The minimum absolute atomic E-state index is 0.0761. The van der Waals surface area contributed by atoms with Crippen LogP contribution in [-0.2, 0) is 6.61 Å². The van der Waals surface area contributed by atoms with Gasteiger partial charge in [0.2, 0.25) is 11.9 Å². The lowest BCUT2D eigenvalue weighted by Gasteiger charge is -2.05. The highest BCUT2D eigenvalue weighted by Crippen LogP contribution is 2.16. The van der Waals surface area contributed by atoms with Crippen LogP contribution in [0.1, 0.15) is 5.82 Å². The van der Waals surface area contributed by atoms with E-state index in [1.807, 2.05) is 0 Å². The van der Waals surface area contributed by atoms with Gasteiger partial charge in [-0.25, -0.2) is 0 Å². The second kappa shape index (κ2) is 4.84. The van der Waals surface area contributed by atoms with E-state index in [0.29, 0.717) is 16.6 Å². The molecular weight excluding hydrogens is 242 g/mol.